The number of hydrogen-bond acceptors (Lipinski definition) is 2. The SMILES string of the molecule is CCCCC1(CCCC)c2cc(-c3ccc4n3CCCc3ccnn3-4)ccc2-c2ccc(-c3ccc4n3CCCc3ccnn3-4)cc21. The van der Waals surface area contributed by atoms with Gasteiger partial charge in [-0.3, -0.25) is 0 Å². The molecule has 0 saturated heterocycles. The minimum Gasteiger partial charge on any atom is -0.326 e. The Kier molecular flexibility index (Phi) is 6.88. The molecule has 0 amide bonds. The average Bonchev–Trinajstić information content (AvgIpc) is 3.92. The lowest BCUT2D eigenvalue weighted by Crippen LogP contribution is -2.25. The second kappa shape index (κ2) is 11.3. The highest BCUT2D eigenvalue weighted by molar-refractivity contribution is 5.86. The van der Waals surface area contributed by atoms with Crippen molar-refractivity contribution in [1.82, 2.24) is 28.7 Å². The standard InChI is InChI=1S/C41H44N6/c1-3-5-21-41(22-6-4-2)35-27-29(37-15-17-39-44(37)25-7-9-31-19-23-42-46(31)39)11-13-33(35)34-14-12-30(28-36(34)41)38-16-18-40-45(38)26-8-10-32-20-24-43-47(32)40/h11-20,23-24,27-28H,3-10,21-22,25-26H2,1-2H3. The molecule has 0 atom stereocenters. The van der Waals surface area contributed by atoms with Gasteiger partial charge in [-0.2, -0.15) is 10.2 Å². The van der Waals surface area contributed by atoms with Gasteiger partial charge >= 0.3 is 0 Å². The van der Waals surface area contributed by atoms with Crippen LogP contribution in [0.25, 0.3) is 45.3 Å². The monoisotopic (exact) mass is 620 g/mol. The largest absolute Gasteiger partial charge is 0.326 e. The van der Waals surface area contributed by atoms with Gasteiger partial charge in [-0.05, 0) is 120 Å². The van der Waals surface area contributed by atoms with Gasteiger partial charge in [0.15, 0.2) is 0 Å². The van der Waals surface area contributed by atoms with Crippen molar-refractivity contribution < 1.29 is 0 Å². The van der Waals surface area contributed by atoms with Gasteiger partial charge in [0.1, 0.15) is 11.6 Å². The molecule has 6 aromatic rings. The Labute approximate surface area is 277 Å². The number of hydrogen-bond donors (Lipinski definition) is 0. The molecule has 6 heterocycles. The van der Waals surface area contributed by atoms with Crippen LogP contribution in [0.15, 0.2) is 85.2 Å². The van der Waals surface area contributed by atoms with Crippen molar-refractivity contribution >= 4 is 0 Å². The highest BCUT2D eigenvalue weighted by Crippen LogP contribution is 2.56. The fraction of sp³-hybridized carbons (Fsp3) is 0.366. The molecule has 9 rings (SSSR count). The molecule has 2 aliphatic heterocycles. The van der Waals surface area contributed by atoms with Gasteiger partial charge in [0.05, 0.1) is 0 Å². The van der Waals surface area contributed by atoms with Crippen LogP contribution in [-0.4, -0.2) is 28.7 Å². The van der Waals surface area contributed by atoms with Gasteiger partial charge in [-0.25, -0.2) is 9.36 Å². The van der Waals surface area contributed by atoms with E-state index in [1.165, 1.54) is 106 Å². The van der Waals surface area contributed by atoms with Crippen molar-refractivity contribution in [3.63, 3.8) is 0 Å². The fourth-order valence-electron chi connectivity index (χ4n) is 8.98. The van der Waals surface area contributed by atoms with E-state index in [9.17, 15) is 0 Å². The highest BCUT2D eigenvalue weighted by Gasteiger charge is 2.42. The van der Waals surface area contributed by atoms with Crippen molar-refractivity contribution in [2.75, 3.05) is 0 Å². The Morgan fingerprint density at radius 2 is 1.09 bits per heavy atom. The lowest BCUT2D eigenvalue weighted by atomic mass is 9.70. The first-order valence-corrected chi connectivity index (χ1v) is 18.0. The van der Waals surface area contributed by atoms with Crippen LogP contribution in [-0.2, 0) is 31.3 Å². The van der Waals surface area contributed by atoms with Gasteiger partial charge in [-0.15, -0.1) is 0 Å². The van der Waals surface area contributed by atoms with Crippen LogP contribution in [0.1, 0.15) is 87.7 Å². The van der Waals surface area contributed by atoms with Crippen LogP contribution < -0.4 is 0 Å². The van der Waals surface area contributed by atoms with Gasteiger partial charge in [0.2, 0.25) is 0 Å². The fourth-order valence-corrected chi connectivity index (χ4v) is 8.98. The summed E-state index contributed by atoms with van der Waals surface area (Å²) in [7, 11) is 0. The first-order valence-electron chi connectivity index (χ1n) is 18.0. The Hall–Kier alpha value is -4.58. The third-order valence-electron chi connectivity index (χ3n) is 11.3. The molecular formula is C41H44N6. The number of aromatic nitrogens is 6. The molecule has 2 aromatic carbocycles. The van der Waals surface area contributed by atoms with Crippen LogP contribution >= 0.6 is 0 Å². The molecule has 6 heteroatoms. The summed E-state index contributed by atoms with van der Waals surface area (Å²) in [5, 5.41) is 9.40. The first kappa shape index (κ1) is 28.6. The molecule has 0 saturated carbocycles. The smallest absolute Gasteiger partial charge is 0.134 e. The van der Waals surface area contributed by atoms with Crippen molar-refractivity contribution in [1.29, 1.82) is 0 Å². The normalized spacial score (nSPS) is 15.6. The molecule has 238 valence electrons. The number of unbranched alkanes of at least 4 members (excludes halogenated alkanes) is 2. The second-order valence-corrected chi connectivity index (χ2v) is 13.9. The predicted octanol–water partition coefficient (Wildman–Crippen LogP) is 9.53. The minimum absolute atomic E-state index is 0.00936. The third-order valence-corrected chi connectivity index (χ3v) is 11.3. The first-order chi connectivity index (χ1) is 23.2. The van der Waals surface area contributed by atoms with Gasteiger partial charge in [-0.1, -0.05) is 63.8 Å². The van der Waals surface area contributed by atoms with Crippen LogP contribution in [0.3, 0.4) is 0 Å². The maximum atomic E-state index is 4.70. The number of fused-ring (bicyclic) bond motifs is 9. The summed E-state index contributed by atoms with van der Waals surface area (Å²) >= 11 is 0. The van der Waals surface area contributed by atoms with Crippen molar-refractivity contribution in [2.45, 2.75) is 96.6 Å². The molecule has 4 aromatic heterocycles. The molecule has 0 unspecified atom stereocenters. The minimum atomic E-state index is 0.00936. The zero-order valence-electron chi connectivity index (χ0n) is 27.8. The van der Waals surface area contributed by atoms with E-state index >= 15 is 0 Å². The molecule has 0 bridgehead atoms. The molecule has 0 spiro atoms. The van der Waals surface area contributed by atoms with Gasteiger partial charge in [0.25, 0.3) is 0 Å². The van der Waals surface area contributed by atoms with E-state index in [4.69, 9.17) is 10.2 Å². The van der Waals surface area contributed by atoms with E-state index in [1.54, 1.807) is 0 Å². The van der Waals surface area contributed by atoms with E-state index in [1.807, 2.05) is 12.4 Å². The number of benzene rings is 2. The topological polar surface area (TPSA) is 45.5 Å². The van der Waals surface area contributed by atoms with Crippen LogP contribution in [0.5, 0.6) is 0 Å². The van der Waals surface area contributed by atoms with Crippen molar-refractivity contribution in [2.24, 2.45) is 0 Å². The number of nitrogens with zero attached hydrogens (tertiary/aromatic N) is 6. The number of rotatable bonds is 8. The summed E-state index contributed by atoms with van der Waals surface area (Å²) in [6.07, 6.45) is 15.5. The van der Waals surface area contributed by atoms with E-state index in [0.717, 1.165) is 38.8 Å². The van der Waals surface area contributed by atoms with E-state index < -0.39 is 0 Å². The maximum absolute atomic E-state index is 4.70. The summed E-state index contributed by atoms with van der Waals surface area (Å²) in [6.45, 7) is 6.71. The summed E-state index contributed by atoms with van der Waals surface area (Å²) in [5.41, 5.74) is 13.8. The molecule has 47 heavy (non-hydrogen) atoms. The van der Waals surface area contributed by atoms with E-state index in [0.29, 0.717) is 0 Å². The molecule has 1 aliphatic carbocycles. The van der Waals surface area contributed by atoms with Gasteiger partial charge < -0.3 is 9.13 Å². The molecule has 6 nitrogen and oxygen atoms in total. The molecule has 0 N–H and O–H groups in total. The Morgan fingerprint density at radius 3 is 1.55 bits per heavy atom. The average molecular weight is 621 g/mol. The van der Waals surface area contributed by atoms with Crippen LogP contribution in [0.4, 0.5) is 0 Å². The zero-order chi connectivity index (χ0) is 31.5. The molecule has 0 fully saturated rings. The summed E-state index contributed by atoms with van der Waals surface area (Å²) in [6, 6.07) is 28.2. The third kappa shape index (κ3) is 4.37. The molecule has 3 aliphatic rings. The quantitative estimate of drug-likeness (QED) is 0.170. The van der Waals surface area contributed by atoms with Crippen LogP contribution in [0, 0.1) is 0 Å². The maximum Gasteiger partial charge on any atom is 0.134 e. The molecule has 0 radical (unpaired) electrons. The zero-order valence-corrected chi connectivity index (χ0v) is 27.8. The Bertz CT molecular complexity index is 1950. The van der Waals surface area contributed by atoms with E-state index in [-0.39, 0.29) is 5.41 Å². The van der Waals surface area contributed by atoms with Crippen molar-refractivity contribution in [3.8, 4) is 45.3 Å². The highest BCUT2D eigenvalue weighted by atomic mass is 15.3. The second-order valence-electron chi connectivity index (χ2n) is 13.9. The summed E-state index contributed by atoms with van der Waals surface area (Å²) in [4.78, 5) is 0. The van der Waals surface area contributed by atoms with Crippen molar-refractivity contribution in [3.05, 3.63) is 108 Å². The predicted molar refractivity (Wildman–Crippen MR) is 189 cm³/mol. The Morgan fingerprint density at radius 1 is 0.596 bits per heavy atom. The number of aryl methyl sites for hydroxylation is 2. The summed E-state index contributed by atoms with van der Waals surface area (Å²) in [5.74, 6) is 2.37. The lowest BCUT2D eigenvalue weighted by Gasteiger charge is -2.33. The van der Waals surface area contributed by atoms with Gasteiger partial charge in [0, 0.05) is 53.7 Å². The summed E-state index contributed by atoms with van der Waals surface area (Å²) < 4.78 is 9.27. The van der Waals surface area contributed by atoms with Crippen LogP contribution in [0.2, 0.25) is 0 Å². The van der Waals surface area contributed by atoms with E-state index in [2.05, 4.69) is 105 Å². The lowest BCUT2D eigenvalue weighted by molar-refractivity contribution is 0.414. The molecular weight excluding hydrogens is 576 g/mol. The Balaban J connectivity index is 1.18.